The first kappa shape index (κ1) is 37.9. The number of carbonyl (C=O) groups is 2. The number of carboxylic acid groups (broad SMARTS) is 1. The van der Waals surface area contributed by atoms with Crippen LogP contribution in [0.5, 0.6) is 11.5 Å². The fourth-order valence-electron chi connectivity index (χ4n) is 8.53. The van der Waals surface area contributed by atoms with Crippen LogP contribution in [-0.4, -0.2) is 68.9 Å². The molecule has 292 valence electrons. The number of ether oxygens (including phenoxy) is 3. The summed E-state index contributed by atoms with van der Waals surface area (Å²) in [6, 6.07) is 13.0. The third kappa shape index (κ3) is 6.20. The molecule has 1 amide bonds. The Labute approximate surface area is 335 Å². The minimum atomic E-state index is -1.12. The van der Waals surface area contributed by atoms with Crippen LogP contribution in [0.2, 0.25) is 10.0 Å². The number of carbonyl (C=O) groups excluding carboxylic acids is 1. The molecule has 56 heavy (non-hydrogen) atoms. The van der Waals surface area contributed by atoms with Gasteiger partial charge in [0.1, 0.15) is 17.2 Å². The molecule has 0 spiro atoms. The minimum absolute atomic E-state index is 0.0310. The highest BCUT2D eigenvalue weighted by molar-refractivity contribution is 6.35. The van der Waals surface area contributed by atoms with E-state index in [-0.39, 0.29) is 24.2 Å². The molecule has 2 aliphatic heterocycles. The maximum absolute atomic E-state index is 15.3. The fourth-order valence-corrected chi connectivity index (χ4v) is 8.89. The van der Waals surface area contributed by atoms with Gasteiger partial charge in [0.2, 0.25) is 0 Å². The van der Waals surface area contributed by atoms with Gasteiger partial charge in [-0.05, 0) is 101 Å². The number of benzene rings is 3. The molecule has 8 rings (SSSR count). The summed E-state index contributed by atoms with van der Waals surface area (Å²) in [6.07, 6.45) is 1.13. The van der Waals surface area contributed by atoms with Crippen LogP contribution >= 0.6 is 23.2 Å². The third-order valence-corrected chi connectivity index (χ3v) is 12.3. The molecular formula is C43H45Cl2N5O6. The number of carboxylic acids is 1. The van der Waals surface area contributed by atoms with Crippen molar-refractivity contribution < 1.29 is 28.9 Å². The van der Waals surface area contributed by atoms with E-state index in [0.717, 1.165) is 60.9 Å². The minimum Gasteiger partial charge on any atom is -0.494 e. The molecule has 6 aromatic rings. The number of aryl methyl sites for hydroxylation is 6. The van der Waals surface area contributed by atoms with E-state index in [4.69, 9.17) is 42.5 Å². The third-order valence-electron chi connectivity index (χ3n) is 11.4. The van der Waals surface area contributed by atoms with E-state index in [1.807, 2.05) is 81.9 Å². The van der Waals surface area contributed by atoms with Crippen molar-refractivity contribution in [3.63, 3.8) is 0 Å². The molecule has 1 fully saturated rings. The quantitative estimate of drug-likeness (QED) is 0.130. The zero-order valence-corrected chi connectivity index (χ0v) is 34.1. The lowest BCUT2D eigenvalue weighted by Crippen LogP contribution is -2.43. The van der Waals surface area contributed by atoms with Crippen molar-refractivity contribution in [3.8, 4) is 22.6 Å². The molecular weight excluding hydrogens is 753 g/mol. The predicted octanol–water partition coefficient (Wildman–Crippen LogP) is 9.03. The van der Waals surface area contributed by atoms with Gasteiger partial charge in [0, 0.05) is 65.2 Å². The Morgan fingerprint density at radius 1 is 0.964 bits per heavy atom. The van der Waals surface area contributed by atoms with Gasteiger partial charge in [-0.3, -0.25) is 9.48 Å². The van der Waals surface area contributed by atoms with Crippen molar-refractivity contribution in [2.75, 3.05) is 37.9 Å². The Bertz CT molecular complexity index is 2560. The largest absolute Gasteiger partial charge is 0.494 e. The molecule has 0 saturated carbocycles. The van der Waals surface area contributed by atoms with Crippen molar-refractivity contribution in [3.05, 3.63) is 92.0 Å². The van der Waals surface area contributed by atoms with Gasteiger partial charge >= 0.3 is 5.97 Å². The van der Waals surface area contributed by atoms with Gasteiger partial charge in [0.25, 0.3) is 5.91 Å². The number of nitrogens with zero attached hydrogens (tertiary/aromatic N) is 5. The zero-order valence-electron chi connectivity index (χ0n) is 32.6. The van der Waals surface area contributed by atoms with Crippen LogP contribution in [0.3, 0.4) is 0 Å². The van der Waals surface area contributed by atoms with Crippen molar-refractivity contribution >= 4 is 62.6 Å². The van der Waals surface area contributed by atoms with E-state index in [9.17, 15) is 9.90 Å². The second-order valence-electron chi connectivity index (χ2n) is 15.2. The molecule has 0 bridgehead atoms. The SMILES string of the molecule is Cc1cc(OCCCc2c3n(c4c(-c5c(C)nn(C)c5C)c(Cl)ccc24)[C@H](C)CN(c2c(C(=O)O)n(C)c4ccc(OCC5COC5)cc24)C3=O)cc(C)c1Cl. The molecule has 3 aromatic heterocycles. The lowest BCUT2D eigenvalue weighted by atomic mass is 9.98. The van der Waals surface area contributed by atoms with Crippen LogP contribution in [0.25, 0.3) is 32.9 Å². The number of aromatic carboxylic acids is 1. The van der Waals surface area contributed by atoms with Crippen molar-refractivity contribution in [1.82, 2.24) is 18.9 Å². The summed E-state index contributed by atoms with van der Waals surface area (Å²) in [5.74, 6) is 0.243. The van der Waals surface area contributed by atoms with Crippen LogP contribution in [0.1, 0.15) is 68.4 Å². The highest BCUT2D eigenvalue weighted by Gasteiger charge is 2.40. The lowest BCUT2D eigenvalue weighted by Gasteiger charge is -2.34. The van der Waals surface area contributed by atoms with Crippen LogP contribution in [0.15, 0.2) is 42.5 Å². The van der Waals surface area contributed by atoms with Crippen LogP contribution in [0, 0.1) is 33.6 Å². The first-order chi connectivity index (χ1) is 26.8. The van der Waals surface area contributed by atoms with Crippen molar-refractivity contribution in [2.24, 2.45) is 20.0 Å². The Morgan fingerprint density at radius 2 is 1.70 bits per heavy atom. The van der Waals surface area contributed by atoms with Gasteiger partial charge in [0.05, 0.1) is 53.9 Å². The first-order valence-corrected chi connectivity index (χ1v) is 19.7. The molecule has 0 aliphatic carbocycles. The van der Waals surface area contributed by atoms with Crippen LogP contribution in [0.4, 0.5) is 5.69 Å². The highest BCUT2D eigenvalue weighted by Crippen LogP contribution is 2.46. The van der Waals surface area contributed by atoms with Gasteiger partial charge in [0.15, 0.2) is 5.69 Å². The Morgan fingerprint density at radius 3 is 2.34 bits per heavy atom. The van der Waals surface area contributed by atoms with E-state index in [0.29, 0.717) is 78.2 Å². The average molecular weight is 799 g/mol. The molecule has 1 atom stereocenters. The Balaban J connectivity index is 1.27. The van der Waals surface area contributed by atoms with Crippen LogP contribution in [-0.2, 0) is 25.3 Å². The number of anilines is 1. The van der Waals surface area contributed by atoms with E-state index in [1.54, 1.807) is 16.5 Å². The average Bonchev–Trinajstić information content (AvgIpc) is 3.71. The fraction of sp³-hybridized carbons (Fsp3) is 0.372. The summed E-state index contributed by atoms with van der Waals surface area (Å²) in [5, 5.41) is 18.2. The van der Waals surface area contributed by atoms with Gasteiger partial charge in [-0.25, -0.2) is 4.79 Å². The lowest BCUT2D eigenvalue weighted by molar-refractivity contribution is -0.0508. The maximum atomic E-state index is 15.3. The molecule has 2 aliphatic rings. The van der Waals surface area contributed by atoms with Gasteiger partial charge in [-0.2, -0.15) is 5.10 Å². The first-order valence-electron chi connectivity index (χ1n) is 18.9. The van der Waals surface area contributed by atoms with E-state index in [1.165, 1.54) is 0 Å². The molecule has 1 N–H and O–H groups in total. The molecule has 0 radical (unpaired) electrons. The van der Waals surface area contributed by atoms with E-state index >= 15 is 4.79 Å². The Hall–Kier alpha value is -4.97. The second kappa shape index (κ2) is 14.5. The number of hydrogen-bond acceptors (Lipinski definition) is 6. The number of fused-ring (bicyclic) bond motifs is 4. The second-order valence-corrected chi connectivity index (χ2v) is 16.0. The summed E-state index contributed by atoms with van der Waals surface area (Å²) < 4.78 is 23.3. The monoisotopic (exact) mass is 797 g/mol. The Kier molecular flexibility index (Phi) is 9.83. The highest BCUT2D eigenvalue weighted by atomic mass is 35.5. The summed E-state index contributed by atoms with van der Waals surface area (Å²) in [4.78, 5) is 30.0. The molecule has 1 saturated heterocycles. The van der Waals surface area contributed by atoms with Crippen molar-refractivity contribution in [1.29, 1.82) is 0 Å². The van der Waals surface area contributed by atoms with Crippen LogP contribution < -0.4 is 14.4 Å². The molecule has 0 unspecified atom stereocenters. The van der Waals surface area contributed by atoms with E-state index < -0.39 is 5.97 Å². The molecule has 11 nitrogen and oxygen atoms in total. The maximum Gasteiger partial charge on any atom is 0.354 e. The van der Waals surface area contributed by atoms with Gasteiger partial charge < -0.3 is 33.4 Å². The number of hydrogen-bond donors (Lipinski definition) is 1. The topological polar surface area (TPSA) is 113 Å². The normalized spacial score (nSPS) is 15.8. The number of amides is 1. The summed E-state index contributed by atoms with van der Waals surface area (Å²) in [6.45, 7) is 12.4. The van der Waals surface area contributed by atoms with Gasteiger partial charge in [-0.1, -0.05) is 29.3 Å². The zero-order chi connectivity index (χ0) is 39.7. The predicted molar refractivity (Wildman–Crippen MR) is 219 cm³/mol. The smallest absolute Gasteiger partial charge is 0.354 e. The molecule has 3 aromatic carbocycles. The number of aromatic nitrogens is 4. The summed E-state index contributed by atoms with van der Waals surface area (Å²) in [5.41, 5.74) is 8.72. The van der Waals surface area contributed by atoms with Crippen molar-refractivity contribution in [2.45, 2.75) is 53.5 Å². The number of rotatable bonds is 11. The molecule has 5 heterocycles. The summed E-state index contributed by atoms with van der Waals surface area (Å²) >= 11 is 13.5. The summed E-state index contributed by atoms with van der Waals surface area (Å²) in [7, 11) is 3.63. The number of halogens is 2. The van der Waals surface area contributed by atoms with E-state index in [2.05, 4.69) is 11.5 Å². The molecule has 13 heteroatoms. The van der Waals surface area contributed by atoms with Gasteiger partial charge in [-0.15, -0.1) is 0 Å². The standard InChI is InChI=1S/C43H45Cl2N5O6/c1-22-15-29(16-23(2)37(22)45)55-14-8-9-30-31-11-12-33(44)36(35-25(4)46-48(7)26(35)5)38(31)50-24(3)18-49(42(51)40(30)50)39-32-17-28(56-21-27-19-54-20-27)10-13-34(32)47(6)41(39)43(52)53/h10-13,15-17,24,27H,8-9,14,18-21H2,1-7H3,(H,52,53)/t24-/m1/s1.